The van der Waals surface area contributed by atoms with Gasteiger partial charge in [0.05, 0.1) is 5.56 Å². The van der Waals surface area contributed by atoms with Crippen LogP contribution in [0.3, 0.4) is 0 Å². The Labute approximate surface area is 126 Å². The number of likely N-dealkylation sites (tertiary alicyclic amines) is 1. The molecule has 1 aliphatic heterocycles. The normalized spacial score (nSPS) is 19.4. The third-order valence-corrected chi connectivity index (χ3v) is 3.87. The van der Waals surface area contributed by atoms with Gasteiger partial charge in [0.2, 0.25) is 0 Å². The van der Waals surface area contributed by atoms with E-state index in [2.05, 4.69) is 0 Å². The zero-order valence-corrected chi connectivity index (χ0v) is 12.5. The van der Waals surface area contributed by atoms with Gasteiger partial charge in [0.15, 0.2) is 0 Å². The number of carbonyl (C=O) groups is 1. The highest BCUT2D eigenvalue weighted by atomic mass is 35.5. The third kappa shape index (κ3) is 3.68. The molecule has 0 spiro atoms. The van der Waals surface area contributed by atoms with Gasteiger partial charge in [-0.3, -0.25) is 4.79 Å². The van der Waals surface area contributed by atoms with Crippen LogP contribution in [0.15, 0.2) is 18.2 Å². The molecule has 116 valence electrons. The Hall–Kier alpha value is -1.27. The lowest BCUT2D eigenvalue weighted by Gasteiger charge is -2.21. The second kappa shape index (κ2) is 5.85. The van der Waals surface area contributed by atoms with E-state index in [0.29, 0.717) is 13.1 Å². The first-order valence-electron chi connectivity index (χ1n) is 6.52. The molecule has 2 rings (SSSR count). The highest BCUT2D eigenvalue weighted by Crippen LogP contribution is 2.32. The van der Waals surface area contributed by atoms with Crippen LogP contribution in [0.4, 0.5) is 13.2 Å². The van der Waals surface area contributed by atoms with Crippen molar-refractivity contribution < 1.29 is 18.0 Å². The van der Waals surface area contributed by atoms with Gasteiger partial charge in [-0.2, -0.15) is 13.2 Å². The lowest BCUT2D eigenvalue weighted by Crippen LogP contribution is -2.34. The summed E-state index contributed by atoms with van der Waals surface area (Å²) in [4.78, 5) is 15.9. The minimum Gasteiger partial charge on any atom is -0.337 e. The van der Waals surface area contributed by atoms with Crippen LogP contribution in [0.1, 0.15) is 22.3 Å². The second-order valence-electron chi connectivity index (χ2n) is 5.38. The number of rotatable bonds is 2. The lowest BCUT2D eigenvalue weighted by molar-refractivity contribution is -0.137. The number of benzene rings is 1. The summed E-state index contributed by atoms with van der Waals surface area (Å²) >= 11 is 5.71. The maximum Gasteiger partial charge on any atom is 0.416 e. The summed E-state index contributed by atoms with van der Waals surface area (Å²) in [6, 6.07) is 3.19. The van der Waals surface area contributed by atoms with E-state index in [1.807, 2.05) is 19.0 Å². The third-order valence-electron chi connectivity index (χ3n) is 3.65. The van der Waals surface area contributed by atoms with E-state index in [-0.39, 0.29) is 16.6 Å². The van der Waals surface area contributed by atoms with Crippen molar-refractivity contribution >= 4 is 17.5 Å². The van der Waals surface area contributed by atoms with Crippen molar-refractivity contribution in [1.82, 2.24) is 9.80 Å². The van der Waals surface area contributed by atoms with Crippen LogP contribution in [0.2, 0.25) is 5.02 Å². The molecule has 1 atom stereocenters. The minimum atomic E-state index is -4.52. The smallest absolute Gasteiger partial charge is 0.337 e. The summed E-state index contributed by atoms with van der Waals surface area (Å²) in [5.41, 5.74) is -0.920. The zero-order valence-electron chi connectivity index (χ0n) is 11.7. The number of amides is 1. The molecule has 0 aromatic heterocycles. The van der Waals surface area contributed by atoms with E-state index >= 15 is 0 Å². The van der Waals surface area contributed by atoms with Crippen molar-refractivity contribution in [3.63, 3.8) is 0 Å². The van der Waals surface area contributed by atoms with Gasteiger partial charge in [-0.1, -0.05) is 11.6 Å². The van der Waals surface area contributed by atoms with Crippen molar-refractivity contribution in [2.75, 3.05) is 27.2 Å². The van der Waals surface area contributed by atoms with Crippen LogP contribution in [-0.4, -0.2) is 48.9 Å². The average molecular weight is 321 g/mol. The molecule has 1 aromatic carbocycles. The van der Waals surface area contributed by atoms with Crippen LogP contribution in [0.5, 0.6) is 0 Å². The first-order chi connectivity index (χ1) is 9.68. The van der Waals surface area contributed by atoms with E-state index in [1.165, 1.54) is 6.07 Å². The van der Waals surface area contributed by atoms with E-state index < -0.39 is 17.6 Å². The number of hydrogen-bond donors (Lipinski definition) is 0. The molecule has 0 N–H and O–H groups in total. The molecule has 0 bridgehead atoms. The van der Waals surface area contributed by atoms with E-state index in [1.54, 1.807) is 4.90 Å². The molecule has 1 fully saturated rings. The highest BCUT2D eigenvalue weighted by molar-refractivity contribution is 6.31. The summed E-state index contributed by atoms with van der Waals surface area (Å²) in [7, 11) is 3.83. The summed E-state index contributed by atoms with van der Waals surface area (Å²) in [6.45, 7) is 1.05. The molecule has 0 aliphatic carbocycles. The van der Waals surface area contributed by atoms with E-state index in [4.69, 9.17) is 11.6 Å². The molecule has 3 nitrogen and oxygen atoms in total. The van der Waals surface area contributed by atoms with Gasteiger partial charge in [0, 0.05) is 29.7 Å². The van der Waals surface area contributed by atoms with Crippen molar-refractivity contribution in [3.8, 4) is 0 Å². The maximum atomic E-state index is 12.8. The molecule has 0 saturated carbocycles. The second-order valence-corrected chi connectivity index (χ2v) is 5.82. The summed E-state index contributed by atoms with van der Waals surface area (Å²) in [5, 5.41) is -0.0865. The standard InChI is InChI=1S/C14H16ClF3N2O/c1-19(2)12-3-4-20(8-12)13(21)9-5-10(14(16,17)18)7-11(15)6-9/h5-7,12H,3-4,8H2,1-2H3/t12-/m0/s1. The SMILES string of the molecule is CN(C)[C@H]1CCN(C(=O)c2cc(Cl)cc(C(F)(F)F)c2)C1. The molecular weight excluding hydrogens is 305 g/mol. The van der Waals surface area contributed by atoms with Crippen molar-refractivity contribution in [3.05, 3.63) is 34.3 Å². The summed E-state index contributed by atoms with van der Waals surface area (Å²) in [5.74, 6) is -0.410. The number of hydrogen-bond acceptors (Lipinski definition) is 2. The molecule has 21 heavy (non-hydrogen) atoms. The van der Waals surface area contributed by atoms with Gasteiger partial charge in [0.1, 0.15) is 0 Å². The fourth-order valence-corrected chi connectivity index (χ4v) is 2.64. The number of halogens is 4. The molecule has 1 aromatic rings. The molecular formula is C14H16ClF3N2O. The first kappa shape index (κ1) is 16.1. The first-order valence-corrected chi connectivity index (χ1v) is 6.90. The van der Waals surface area contributed by atoms with E-state index in [9.17, 15) is 18.0 Å². The molecule has 1 amide bonds. The monoisotopic (exact) mass is 320 g/mol. The zero-order chi connectivity index (χ0) is 15.8. The molecule has 0 unspecified atom stereocenters. The van der Waals surface area contributed by atoms with Crippen LogP contribution < -0.4 is 0 Å². The van der Waals surface area contributed by atoms with Crippen molar-refractivity contribution in [2.45, 2.75) is 18.6 Å². The molecule has 7 heteroatoms. The van der Waals surface area contributed by atoms with Crippen molar-refractivity contribution in [1.29, 1.82) is 0 Å². The quantitative estimate of drug-likeness (QED) is 0.836. The Bertz CT molecular complexity index is 546. The Morgan fingerprint density at radius 3 is 2.52 bits per heavy atom. The van der Waals surface area contributed by atoms with Gasteiger partial charge in [-0.25, -0.2) is 0 Å². The number of likely N-dealkylation sites (N-methyl/N-ethyl adjacent to an activating group) is 1. The maximum absolute atomic E-state index is 12.8. The van der Waals surface area contributed by atoms with Crippen LogP contribution in [0, 0.1) is 0 Å². The topological polar surface area (TPSA) is 23.6 Å². The Balaban J connectivity index is 2.22. The van der Waals surface area contributed by atoms with Gasteiger partial charge in [-0.15, -0.1) is 0 Å². The lowest BCUT2D eigenvalue weighted by atomic mass is 10.1. The molecule has 0 radical (unpaired) electrons. The van der Waals surface area contributed by atoms with Gasteiger partial charge in [-0.05, 0) is 38.7 Å². The average Bonchev–Trinajstić information content (AvgIpc) is 2.85. The predicted octanol–water partition coefficient (Wildman–Crippen LogP) is 3.13. The predicted molar refractivity (Wildman–Crippen MR) is 74.4 cm³/mol. The fraction of sp³-hybridized carbons (Fsp3) is 0.500. The largest absolute Gasteiger partial charge is 0.416 e. The summed E-state index contributed by atoms with van der Waals surface area (Å²) < 4.78 is 38.3. The molecule has 1 aliphatic rings. The summed E-state index contributed by atoms with van der Waals surface area (Å²) in [6.07, 6.45) is -3.71. The number of alkyl halides is 3. The van der Waals surface area contributed by atoms with Gasteiger partial charge in [0.25, 0.3) is 5.91 Å². The highest BCUT2D eigenvalue weighted by Gasteiger charge is 2.33. The number of carbonyl (C=O) groups excluding carboxylic acids is 1. The Morgan fingerprint density at radius 2 is 2.00 bits per heavy atom. The molecule has 1 heterocycles. The van der Waals surface area contributed by atoms with Crippen molar-refractivity contribution in [2.24, 2.45) is 0 Å². The van der Waals surface area contributed by atoms with Crippen LogP contribution in [0.25, 0.3) is 0 Å². The van der Waals surface area contributed by atoms with E-state index in [0.717, 1.165) is 18.6 Å². The molecule has 1 saturated heterocycles. The fourth-order valence-electron chi connectivity index (χ4n) is 2.41. The minimum absolute atomic E-state index is 0.0192. The van der Waals surface area contributed by atoms with Gasteiger partial charge >= 0.3 is 6.18 Å². The van der Waals surface area contributed by atoms with Crippen LogP contribution >= 0.6 is 11.6 Å². The van der Waals surface area contributed by atoms with Gasteiger partial charge < -0.3 is 9.80 Å². The Morgan fingerprint density at radius 1 is 1.33 bits per heavy atom. The Kier molecular flexibility index (Phi) is 4.49. The van der Waals surface area contributed by atoms with Crippen LogP contribution in [-0.2, 0) is 6.18 Å². The number of nitrogens with zero attached hydrogens (tertiary/aromatic N) is 2.